The van der Waals surface area contributed by atoms with Crippen molar-refractivity contribution in [3.8, 4) is 11.1 Å². The van der Waals surface area contributed by atoms with Crippen LogP contribution in [0, 0.1) is 0 Å². The van der Waals surface area contributed by atoms with E-state index in [0.29, 0.717) is 5.56 Å². The number of amides is 1. The van der Waals surface area contributed by atoms with Crippen LogP contribution in [-0.2, 0) is 6.54 Å². The van der Waals surface area contributed by atoms with Crippen LogP contribution in [0.15, 0.2) is 78.9 Å². The molecule has 1 fully saturated rings. The van der Waals surface area contributed by atoms with Crippen molar-refractivity contribution < 1.29 is 4.79 Å². The first-order chi connectivity index (χ1) is 16.7. The van der Waals surface area contributed by atoms with Crippen LogP contribution in [0.3, 0.4) is 0 Å². The van der Waals surface area contributed by atoms with E-state index in [-0.39, 0.29) is 5.91 Å². The Bertz CT molecular complexity index is 1030. The molecule has 4 heteroatoms. The molecule has 3 aromatic rings. The molecule has 4 nitrogen and oxygen atoms in total. The van der Waals surface area contributed by atoms with Crippen LogP contribution in [0.5, 0.6) is 0 Å². The minimum absolute atomic E-state index is 0.0748. The zero-order chi connectivity index (χ0) is 23.6. The highest BCUT2D eigenvalue weighted by molar-refractivity contribution is 6.04. The first kappa shape index (κ1) is 24.2. The minimum Gasteiger partial charge on any atom is -0.322 e. The number of nitrogens with one attached hydrogen (secondary N) is 1. The lowest BCUT2D eigenvalue weighted by atomic mass is 10.0. The van der Waals surface area contributed by atoms with Crippen molar-refractivity contribution in [3.05, 3.63) is 90.0 Å². The minimum atomic E-state index is -0.0748. The van der Waals surface area contributed by atoms with Gasteiger partial charge in [0.25, 0.3) is 5.91 Å². The lowest BCUT2D eigenvalue weighted by molar-refractivity contribution is 0.102. The monoisotopic (exact) mass is 455 g/mol. The van der Waals surface area contributed by atoms with Crippen molar-refractivity contribution in [1.29, 1.82) is 0 Å². The van der Waals surface area contributed by atoms with Gasteiger partial charge in [0.05, 0.1) is 0 Å². The molecule has 3 aromatic carbocycles. The topological polar surface area (TPSA) is 35.6 Å². The number of benzene rings is 3. The Kier molecular flexibility index (Phi) is 8.89. The highest BCUT2D eigenvalue weighted by Gasteiger charge is 2.15. The van der Waals surface area contributed by atoms with E-state index in [9.17, 15) is 4.79 Å². The summed E-state index contributed by atoms with van der Waals surface area (Å²) < 4.78 is 0. The number of nitrogens with zero attached hydrogens (tertiary/aromatic N) is 2. The third-order valence-electron chi connectivity index (χ3n) is 6.60. The fourth-order valence-corrected chi connectivity index (χ4v) is 4.65. The summed E-state index contributed by atoms with van der Waals surface area (Å²) in [6.45, 7) is 9.03. The van der Waals surface area contributed by atoms with E-state index in [2.05, 4.69) is 46.3 Å². The highest BCUT2D eigenvalue weighted by Crippen LogP contribution is 2.20. The van der Waals surface area contributed by atoms with Crippen LogP contribution in [0.2, 0.25) is 0 Å². The molecule has 0 unspecified atom stereocenters. The second kappa shape index (κ2) is 12.5. The molecule has 0 aliphatic carbocycles. The maximum absolute atomic E-state index is 12.8. The van der Waals surface area contributed by atoms with Crippen LogP contribution in [-0.4, -0.2) is 48.4 Å². The molecule has 1 heterocycles. The van der Waals surface area contributed by atoms with Crippen molar-refractivity contribution in [2.24, 2.45) is 0 Å². The smallest absolute Gasteiger partial charge is 0.255 e. The molecule has 4 rings (SSSR count). The summed E-state index contributed by atoms with van der Waals surface area (Å²) in [4.78, 5) is 18.0. The van der Waals surface area contributed by atoms with Crippen LogP contribution in [0.1, 0.15) is 48.5 Å². The van der Waals surface area contributed by atoms with Gasteiger partial charge in [-0.15, -0.1) is 0 Å². The summed E-state index contributed by atoms with van der Waals surface area (Å²) in [6, 6.07) is 26.3. The summed E-state index contributed by atoms with van der Waals surface area (Å²) in [5, 5.41) is 3.08. The molecule has 1 aliphatic heterocycles. The van der Waals surface area contributed by atoms with Crippen LogP contribution in [0.25, 0.3) is 11.1 Å². The predicted octanol–water partition coefficient (Wildman–Crippen LogP) is 6.30. The Balaban J connectivity index is 1.31. The van der Waals surface area contributed by atoms with Crippen LogP contribution < -0.4 is 5.32 Å². The zero-order valence-electron chi connectivity index (χ0n) is 20.4. The van der Waals surface area contributed by atoms with Gasteiger partial charge in [0, 0.05) is 30.9 Å². The van der Waals surface area contributed by atoms with Crippen LogP contribution in [0.4, 0.5) is 5.69 Å². The molecule has 0 saturated carbocycles. The lowest BCUT2D eigenvalue weighted by Gasteiger charge is -2.22. The summed E-state index contributed by atoms with van der Waals surface area (Å²) in [5.41, 5.74) is 5.03. The quantitative estimate of drug-likeness (QED) is 0.384. The molecule has 0 atom stereocenters. The van der Waals surface area contributed by atoms with E-state index in [4.69, 9.17) is 0 Å². The normalized spacial score (nSPS) is 15.1. The predicted molar refractivity (Wildman–Crippen MR) is 142 cm³/mol. The highest BCUT2D eigenvalue weighted by atomic mass is 16.1. The first-order valence-electron chi connectivity index (χ1n) is 12.7. The van der Waals surface area contributed by atoms with Gasteiger partial charge in [-0.25, -0.2) is 0 Å². The van der Waals surface area contributed by atoms with E-state index in [1.165, 1.54) is 44.3 Å². The molecule has 178 valence electrons. The molecule has 0 aromatic heterocycles. The Morgan fingerprint density at radius 3 is 2.32 bits per heavy atom. The average molecular weight is 456 g/mol. The molecule has 1 aliphatic rings. The van der Waals surface area contributed by atoms with Crippen molar-refractivity contribution in [1.82, 2.24) is 9.80 Å². The van der Waals surface area contributed by atoms with Gasteiger partial charge >= 0.3 is 0 Å². The molecular weight excluding hydrogens is 418 g/mol. The molecule has 0 spiro atoms. The third kappa shape index (κ3) is 7.02. The van der Waals surface area contributed by atoms with E-state index in [0.717, 1.165) is 43.0 Å². The van der Waals surface area contributed by atoms with E-state index >= 15 is 0 Å². The molecular formula is C30H37N3O. The zero-order valence-corrected chi connectivity index (χ0v) is 20.4. The van der Waals surface area contributed by atoms with Crippen LogP contribution >= 0.6 is 0 Å². The summed E-state index contributed by atoms with van der Waals surface area (Å²) >= 11 is 0. The molecule has 0 radical (unpaired) electrons. The Labute approximate surface area is 204 Å². The van der Waals surface area contributed by atoms with Crippen molar-refractivity contribution in [3.63, 3.8) is 0 Å². The fraction of sp³-hybridized carbons (Fsp3) is 0.367. The van der Waals surface area contributed by atoms with Gasteiger partial charge in [0.1, 0.15) is 0 Å². The number of unbranched alkanes of at least 4 members (excludes halogenated alkanes) is 2. The Morgan fingerprint density at radius 1 is 0.794 bits per heavy atom. The number of anilines is 1. The second-order valence-electron chi connectivity index (χ2n) is 9.28. The maximum Gasteiger partial charge on any atom is 0.255 e. The molecule has 34 heavy (non-hydrogen) atoms. The van der Waals surface area contributed by atoms with Gasteiger partial charge in [-0.2, -0.15) is 0 Å². The Hall–Kier alpha value is -2.95. The van der Waals surface area contributed by atoms with E-state index in [1.807, 2.05) is 54.6 Å². The van der Waals surface area contributed by atoms with Crippen molar-refractivity contribution >= 4 is 11.6 Å². The molecule has 1 amide bonds. The lowest BCUT2D eigenvalue weighted by Crippen LogP contribution is -2.31. The Morgan fingerprint density at radius 2 is 1.53 bits per heavy atom. The maximum atomic E-state index is 12.8. The number of rotatable bonds is 9. The summed E-state index contributed by atoms with van der Waals surface area (Å²) in [6.07, 6.45) is 5.15. The number of hydrogen-bond donors (Lipinski definition) is 1. The summed E-state index contributed by atoms with van der Waals surface area (Å²) in [5.74, 6) is -0.0748. The summed E-state index contributed by atoms with van der Waals surface area (Å²) in [7, 11) is 0. The van der Waals surface area contributed by atoms with E-state index < -0.39 is 0 Å². The first-order valence-corrected chi connectivity index (χ1v) is 12.7. The molecule has 1 saturated heterocycles. The standard InChI is InChI=1S/C30H37N3O/c1-2-3-7-18-32-19-9-20-33(22-21-32)24-25-10-8-13-29(23-25)31-30(34)28-16-14-27(15-17-28)26-11-5-4-6-12-26/h4-6,8,10-17,23H,2-3,7,9,18-22,24H2,1H3,(H,31,34). The van der Waals surface area contributed by atoms with Gasteiger partial charge < -0.3 is 10.2 Å². The van der Waals surface area contributed by atoms with Gasteiger partial charge in [-0.3, -0.25) is 9.69 Å². The average Bonchev–Trinajstić information content (AvgIpc) is 3.10. The fourth-order valence-electron chi connectivity index (χ4n) is 4.65. The van der Waals surface area contributed by atoms with Gasteiger partial charge in [-0.05, 0) is 73.4 Å². The van der Waals surface area contributed by atoms with Crippen molar-refractivity contribution in [2.75, 3.05) is 38.0 Å². The van der Waals surface area contributed by atoms with Crippen molar-refractivity contribution in [2.45, 2.75) is 39.2 Å². The molecule has 1 N–H and O–H groups in total. The molecule has 0 bridgehead atoms. The van der Waals surface area contributed by atoms with Gasteiger partial charge in [-0.1, -0.05) is 74.4 Å². The SMILES string of the molecule is CCCCCN1CCCN(Cc2cccc(NC(=O)c3ccc(-c4ccccc4)cc3)c2)CC1. The largest absolute Gasteiger partial charge is 0.322 e. The number of hydrogen-bond acceptors (Lipinski definition) is 3. The number of carbonyl (C=O) groups excluding carboxylic acids is 1. The third-order valence-corrected chi connectivity index (χ3v) is 6.60. The number of carbonyl (C=O) groups is 1. The van der Waals surface area contributed by atoms with E-state index in [1.54, 1.807) is 0 Å². The van der Waals surface area contributed by atoms with Gasteiger partial charge in [0.15, 0.2) is 0 Å². The second-order valence-corrected chi connectivity index (χ2v) is 9.28. The van der Waals surface area contributed by atoms with Gasteiger partial charge in [0.2, 0.25) is 0 Å².